The van der Waals surface area contributed by atoms with E-state index in [2.05, 4.69) is 119 Å². The number of benzene rings is 4. The Morgan fingerprint density at radius 1 is 0.737 bits per heavy atom. The zero-order chi connectivity index (χ0) is 26.0. The minimum atomic E-state index is -0.728. The van der Waals surface area contributed by atoms with Gasteiger partial charge in [0.2, 0.25) is 0 Å². The SMILES string of the molecule is CCNc1cc(-c2nn(C(c3ccccc3)(c3ccccc3)c3ccccc3)c3ccc(N)cc23)ccn1. The van der Waals surface area contributed by atoms with Crippen LogP contribution in [0.5, 0.6) is 0 Å². The van der Waals surface area contributed by atoms with E-state index in [-0.39, 0.29) is 0 Å². The van der Waals surface area contributed by atoms with Crippen molar-refractivity contribution in [3.8, 4) is 11.3 Å². The molecule has 6 aromatic rings. The second-order valence-corrected chi connectivity index (χ2v) is 9.31. The van der Waals surface area contributed by atoms with Crippen molar-refractivity contribution >= 4 is 22.4 Å². The Morgan fingerprint density at radius 3 is 1.87 bits per heavy atom. The summed E-state index contributed by atoms with van der Waals surface area (Å²) in [4.78, 5) is 4.48. The number of nitrogens with one attached hydrogen (secondary N) is 1. The number of rotatable bonds is 7. The molecule has 2 aromatic heterocycles. The summed E-state index contributed by atoms with van der Waals surface area (Å²) in [5.41, 5.74) is 12.5. The van der Waals surface area contributed by atoms with Crippen LogP contribution in [0.1, 0.15) is 23.6 Å². The van der Waals surface area contributed by atoms with Gasteiger partial charge >= 0.3 is 0 Å². The van der Waals surface area contributed by atoms with E-state index in [1.165, 1.54) is 0 Å². The Labute approximate surface area is 222 Å². The van der Waals surface area contributed by atoms with Crippen molar-refractivity contribution in [2.24, 2.45) is 0 Å². The van der Waals surface area contributed by atoms with Crippen LogP contribution in [0.3, 0.4) is 0 Å². The molecule has 3 N–H and O–H groups in total. The van der Waals surface area contributed by atoms with Crippen LogP contribution in [0.25, 0.3) is 22.2 Å². The molecular weight excluding hydrogens is 466 g/mol. The molecule has 5 heteroatoms. The molecule has 2 heterocycles. The fourth-order valence-corrected chi connectivity index (χ4v) is 5.37. The number of fused-ring (bicyclic) bond motifs is 1. The molecule has 5 nitrogen and oxygen atoms in total. The number of pyridine rings is 1. The Hall–Kier alpha value is -4.90. The minimum Gasteiger partial charge on any atom is -0.399 e. The number of hydrogen-bond donors (Lipinski definition) is 2. The lowest BCUT2D eigenvalue weighted by atomic mass is 9.77. The molecule has 38 heavy (non-hydrogen) atoms. The third-order valence-electron chi connectivity index (χ3n) is 6.99. The largest absolute Gasteiger partial charge is 0.399 e. The number of anilines is 2. The van der Waals surface area contributed by atoms with E-state index in [1.807, 2.05) is 30.5 Å². The van der Waals surface area contributed by atoms with Crippen molar-refractivity contribution in [3.05, 3.63) is 144 Å². The lowest BCUT2D eigenvalue weighted by Gasteiger charge is -2.37. The summed E-state index contributed by atoms with van der Waals surface area (Å²) < 4.78 is 2.17. The molecule has 0 saturated carbocycles. The number of aromatic nitrogens is 3. The van der Waals surface area contributed by atoms with Crippen molar-refractivity contribution in [2.45, 2.75) is 12.5 Å². The number of nitrogen functional groups attached to an aromatic ring is 1. The molecule has 0 aliphatic carbocycles. The summed E-state index contributed by atoms with van der Waals surface area (Å²) >= 11 is 0. The predicted molar refractivity (Wildman–Crippen MR) is 156 cm³/mol. The maximum atomic E-state index is 6.34. The van der Waals surface area contributed by atoms with E-state index < -0.39 is 5.54 Å². The quantitative estimate of drug-likeness (QED) is 0.186. The van der Waals surface area contributed by atoms with Gasteiger partial charge in [0.05, 0.1) is 5.52 Å². The first-order valence-electron chi connectivity index (χ1n) is 12.9. The molecule has 0 atom stereocenters. The van der Waals surface area contributed by atoms with E-state index in [0.29, 0.717) is 5.69 Å². The van der Waals surface area contributed by atoms with Gasteiger partial charge in [-0.2, -0.15) is 5.10 Å². The molecular formula is C33H29N5. The predicted octanol–water partition coefficient (Wildman–Crippen LogP) is 6.95. The molecule has 0 bridgehead atoms. The van der Waals surface area contributed by atoms with Gasteiger partial charge in [0.1, 0.15) is 17.1 Å². The summed E-state index contributed by atoms with van der Waals surface area (Å²) in [5, 5.41) is 9.72. The molecule has 0 radical (unpaired) electrons. The van der Waals surface area contributed by atoms with E-state index in [9.17, 15) is 0 Å². The maximum Gasteiger partial charge on any atom is 0.138 e. The summed E-state index contributed by atoms with van der Waals surface area (Å²) in [5.74, 6) is 0.817. The Balaban J connectivity index is 1.75. The van der Waals surface area contributed by atoms with Crippen LogP contribution >= 0.6 is 0 Å². The fourth-order valence-electron chi connectivity index (χ4n) is 5.37. The number of nitrogens with two attached hydrogens (primary N) is 1. The van der Waals surface area contributed by atoms with E-state index >= 15 is 0 Å². The van der Waals surface area contributed by atoms with Crippen LogP contribution in [-0.2, 0) is 5.54 Å². The molecule has 0 aliphatic heterocycles. The molecule has 0 amide bonds. The summed E-state index contributed by atoms with van der Waals surface area (Å²) in [6.07, 6.45) is 1.82. The molecule has 186 valence electrons. The van der Waals surface area contributed by atoms with Crippen LogP contribution in [-0.4, -0.2) is 21.3 Å². The monoisotopic (exact) mass is 495 g/mol. The summed E-state index contributed by atoms with van der Waals surface area (Å²) in [6, 6.07) is 41.9. The van der Waals surface area contributed by atoms with Gasteiger partial charge in [-0.3, -0.25) is 0 Å². The normalized spacial score (nSPS) is 11.5. The summed E-state index contributed by atoms with van der Waals surface area (Å²) in [6.45, 7) is 2.85. The average molecular weight is 496 g/mol. The zero-order valence-electron chi connectivity index (χ0n) is 21.3. The van der Waals surface area contributed by atoms with Gasteiger partial charge in [-0.05, 0) is 53.9 Å². The first-order valence-corrected chi connectivity index (χ1v) is 12.9. The van der Waals surface area contributed by atoms with Gasteiger partial charge in [-0.25, -0.2) is 9.67 Å². The Bertz CT molecular complexity index is 1580. The van der Waals surface area contributed by atoms with Crippen LogP contribution in [0.4, 0.5) is 11.5 Å². The Kier molecular flexibility index (Phi) is 6.10. The van der Waals surface area contributed by atoms with Gasteiger partial charge in [-0.15, -0.1) is 0 Å². The second kappa shape index (κ2) is 9.87. The zero-order valence-corrected chi connectivity index (χ0v) is 21.3. The molecule has 0 spiro atoms. The van der Waals surface area contributed by atoms with Crippen LogP contribution in [0.15, 0.2) is 128 Å². The third kappa shape index (κ3) is 3.89. The van der Waals surface area contributed by atoms with Gasteiger partial charge in [0, 0.05) is 29.4 Å². The van der Waals surface area contributed by atoms with Gasteiger partial charge < -0.3 is 11.1 Å². The lowest BCUT2D eigenvalue weighted by Crippen LogP contribution is -2.38. The van der Waals surface area contributed by atoms with Gasteiger partial charge in [0.15, 0.2) is 0 Å². The van der Waals surface area contributed by atoms with Gasteiger partial charge in [-0.1, -0.05) is 91.0 Å². The Morgan fingerprint density at radius 2 is 1.32 bits per heavy atom. The topological polar surface area (TPSA) is 68.8 Å². The third-order valence-corrected chi connectivity index (χ3v) is 6.99. The van der Waals surface area contributed by atoms with Crippen LogP contribution in [0.2, 0.25) is 0 Å². The smallest absolute Gasteiger partial charge is 0.138 e. The molecule has 0 unspecified atom stereocenters. The van der Waals surface area contributed by atoms with E-state index in [0.717, 1.165) is 51.2 Å². The van der Waals surface area contributed by atoms with Gasteiger partial charge in [0.25, 0.3) is 0 Å². The highest BCUT2D eigenvalue weighted by atomic mass is 15.3. The second-order valence-electron chi connectivity index (χ2n) is 9.31. The standard InChI is InChI=1S/C33H29N5/c1-2-35-31-22-24(20-21-36-31)32-29-23-28(34)18-19-30(29)38(37-32)33(25-12-6-3-7-13-25,26-14-8-4-9-15-26)27-16-10-5-11-17-27/h3-23H,2,34H2,1H3,(H,35,36). The van der Waals surface area contributed by atoms with Crippen LogP contribution in [0, 0.1) is 0 Å². The molecule has 0 fully saturated rings. The molecule has 0 aliphatic rings. The lowest BCUT2D eigenvalue weighted by molar-refractivity contribution is 0.477. The highest BCUT2D eigenvalue weighted by Gasteiger charge is 2.41. The first-order chi connectivity index (χ1) is 18.7. The molecule has 4 aromatic carbocycles. The van der Waals surface area contributed by atoms with E-state index in [4.69, 9.17) is 10.8 Å². The summed E-state index contributed by atoms with van der Waals surface area (Å²) in [7, 11) is 0. The number of nitrogens with zero attached hydrogens (tertiary/aromatic N) is 3. The molecule has 6 rings (SSSR count). The average Bonchev–Trinajstić information content (AvgIpc) is 3.34. The highest BCUT2D eigenvalue weighted by molar-refractivity contribution is 5.96. The molecule has 0 saturated heterocycles. The minimum absolute atomic E-state index is 0.698. The number of hydrogen-bond acceptors (Lipinski definition) is 4. The first kappa shape index (κ1) is 23.5. The maximum absolute atomic E-state index is 6.34. The van der Waals surface area contributed by atoms with Crippen molar-refractivity contribution in [1.29, 1.82) is 0 Å². The van der Waals surface area contributed by atoms with Crippen molar-refractivity contribution in [1.82, 2.24) is 14.8 Å². The van der Waals surface area contributed by atoms with Crippen molar-refractivity contribution in [3.63, 3.8) is 0 Å². The van der Waals surface area contributed by atoms with Crippen molar-refractivity contribution in [2.75, 3.05) is 17.6 Å². The van der Waals surface area contributed by atoms with Crippen molar-refractivity contribution < 1.29 is 0 Å². The highest BCUT2D eigenvalue weighted by Crippen LogP contribution is 2.44. The van der Waals surface area contributed by atoms with Crippen LogP contribution < -0.4 is 11.1 Å². The fraction of sp³-hybridized carbons (Fsp3) is 0.0909. The van der Waals surface area contributed by atoms with E-state index in [1.54, 1.807) is 0 Å².